The summed E-state index contributed by atoms with van der Waals surface area (Å²) in [4.78, 5) is 28.0. The minimum atomic E-state index is -0.518. The molecule has 0 aromatic carbocycles. The van der Waals surface area contributed by atoms with Gasteiger partial charge in [-0.1, -0.05) is 0 Å². The molecule has 2 saturated heterocycles. The Labute approximate surface area is 120 Å². The molecule has 0 aromatic heterocycles. The van der Waals surface area contributed by atoms with Gasteiger partial charge in [0.05, 0.1) is 12.6 Å². The first kappa shape index (κ1) is 15.3. The maximum absolute atomic E-state index is 12.3. The third-order valence-electron chi connectivity index (χ3n) is 3.63. The minimum absolute atomic E-state index is 0.0317. The van der Waals surface area contributed by atoms with Crippen molar-refractivity contribution in [1.82, 2.24) is 15.1 Å². The minimum Gasteiger partial charge on any atom is -0.444 e. The summed E-state index contributed by atoms with van der Waals surface area (Å²) in [7, 11) is 0. The van der Waals surface area contributed by atoms with Crippen molar-refractivity contribution >= 4 is 11.9 Å². The number of likely N-dealkylation sites (tertiary alicyclic amines) is 1. The summed E-state index contributed by atoms with van der Waals surface area (Å²) in [5.41, 5.74) is -0.518. The number of hydrogen-bond acceptors (Lipinski definition) is 5. The highest BCUT2D eigenvalue weighted by Crippen LogP contribution is 2.17. The number of piperazine rings is 1. The number of nitrogens with zero attached hydrogens (tertiary/aromatic N) is 2. The first-order valence-corrected chi connectivity index (χ1v) is 7.32. The van der Waals surface area contributed by atoms with Gasteiger partial charge in [-0.2, -0.15) is 0 Å². The number of piperidine rings is 1. The van der Waals surface area contributed by atoms with Crippen molar-refractivity contribution in [2.75, 3.05) is 39.3 Å². The lowest BCUT2D eigenvalue weighted by atomic mass is 10.0. The van der Waals surface area contributed by atoms with Crippen molar-refractivity contribution in [3.05, 3.63) is 0 Å². The Kier molecular flexibility index (Phi) is 4.65. The van der Waals surface area contributed by atoms with Crippen LogP contribution in [0.4, 0.5) is 4.79 Å². The number of ether oxygens (including phenoxy) is 1. The molecule has 1 unspecified atom stereocenters. The molecule has 0 bridgehead atoms. The highest BCUT2D eigenvalue weighted by Gasteiger charge is 2.35. The van der Waals surface area contributed by atoms with Gasteiger partial charge in [-0.3, -0.25) is 9.69 Å². The van der Waals surface area contributed by atoms with E-state index in [2.05, 4.69) is 10.2 Å². The number of carbonyl (C=O) groups is 2. The van der Waals surface area contributed by atoms with Crippen LogP contribution >= 0.6 is 0 Å². The summed E-state index contributed by atoms with van der Waals surface area (Å²) in [6.45, 7) is 9.93. The lowest BCUT2D eigenvalue weighted by molar-refractivity contribution is -0.128. The average molecular weight is 283 g/mol. The van der Waals surface area contributed by atoms with Gasteiger partial charge in [0, 0.05) is 32.7 Å². The first-order chi connectivity index (χ1) is 9.37. The number of rotatable bonds is 1. The zero-order valence-electron chi connectivity index (χ0n) is 12.6. The van der Waals surface area contributed by atoms with Gasteiger partial charge in [0.1, 0.15) is 5.60 Å². The maximum atomic E-state index is 12.3. The van der Waals surface area contributed by atoms with E-state index in [0.29, 0.717) is 13.0 Å². The molecule has 2 aliphatic rings. The Morgan fingerprint density at radius 1 is 1.25 bits per heavy atom. The van der Waals surface area contributed by atoms with Gasteiger partial charge >= 0.3 is 6.09 Å². The lowest BCUT2D eigenvalue weighted by Gasteiger charge is -2.39. The fraction of sp³-hybridized carbons (Fsp3) is 0.857. The maximum Gasteiger partial charge on any atom is 0.410 e. The smallest absolute Gasteiger partial charge is 0.410 e. The molecule has 0 aliphatic carbocycles. The second-order valence-corrected chi connectivity index (χ2v) is 6.46. The number of hydrogen-bond donors (Lipinski definition) is 1. The molecule has 2 aliphatic heterocycles. The highest BCUT2D eigenvalue weighted by atomic mass is 16.6. The summed E-state index contributed by atoms with van der Waals surface area (Å²) < 4.78 is 5.32. The van der Waals surface area contributed by atoms with Crippen molar-refractivity contribution in [3.8, 4) is 0 Å². The van der Waals surface area contributed by atoms with Crippen LogP contribution in [0.2, 0.25) is 0 Å². The Hall–Kier alpha value is -1.14. The fourth-order valence-electron chi connectivity index (χ4n) is 2.67. The van der Waals surface area contributed by atoms with Crippen molar-refractivity contribution in [2.24, 2.45) is 0 Å². The van der Waals surface area contributed by atoms with Crippen LogP contribution in [0.15, 0.2) is 0 Å². The van der Waals surface area contributed by atoms with E-state index in [1.807, 2.05) is 20.8 Å². The van der Waals surface area contributed by atoms with Gasteiger partial charge in [0.2, 0.25) is 0 Å². The molecule has 6 heteroatoms. The SMILES string of the molecule is CC(C)(C)OC(=O)N1CCC(N2CCNCC2)C(=O)C1. The van der Waals surface area contributed by atoms with Crippen molar-refractivity contribution in [3.63, 3.8) is 0 Å². The largest absolute Gasteiger partial charge is 0.444 e. The molecule has 1 amide bonds. The molecule has 1 N–H and O–H groups in total. The van der Waals surface area contributed by atoms with E-state index in [1.165, 1.54) is 4.90 Å². The molecule has 0 spiro atoms. The quantitative estimate of drug-likeness (QED) is 0.758. The zero-order chi connectivity index (χ0) is 14.8. The summed E-state index contributed by atoms with van der Waals surface area (Å²) in [6, 6.07) is -0.0317. The van der Waals surface area contributed by atoms with Crippen LogP contribution in [0, 0.1) is 0 Å². The third kappa shape index (κ3) is 3.93. The van der Waals surface area contributed by atoms with Crippen LogP contribution in [-0.2, 0) is 9.53 Å². The topological polar surface area (TPSA) is 61.9 Å². The van der Waals surface area contributed by atoms with Crippen molar-refractivity contribution in [1.29, 1.82) is 0 Å². The Balaban J connectivity index is 1.88. The van der Waals surface area contributed by atoms with E-state index in [4.69, 9.17) is 4.74 Å². The molecule has 2 heterocycles. The van der Waals surface area contributed by atoms with E-state index in [9.17, 15) is 9.59 Å². The summed E-state index contributed by atoms with van der Waals surface area (Å²) >= 11 is 0. The third-order valence-corrected chi connectivity index (χ3v) is 3.63. The molecular formula is C14H25N3O3. The second-order valence-electron chi connectivity index (χ2n) is 6.46. The number of amides is 1. The number of carbonyl (C=O) groups excluding carboxylic acids is 2. The fourth-order valence-corrected chi connectivity index (χ4v) is 2.67. The van der Waals surface area contributed by atoms with E-state index >= 15 is 0 Å². The van der Waals surface area contributed by atoms with Gasteiger partial charge in [0.25, 0.3) is 0 Å². The monoisotopic (exact) mass is 283 g/mol. The molecule has 2 rings (SSSR count). The molecule has 0 radical (unpaired) electrons. The van der Waals surface area contributed by atoms with Gasteiger partial charge in [-0.05, 0) is 27.2 Å². The van der Waals surface area contributed by atoms with Gasteiger partial charge in [-0.15, -0.1) is 0 Å². The number of Topliss-reactive ketones (excluding diaryl/α,β-unsaturated/α-hetero) is 1. The van der Waals surface area contributed by atoms with Crippen LogP contribution in [0.3, 0.4) is 0 Å². The van der Waals surface area contributed by atoms with E-state index < -0.39 is 5.60 Å². The van der Waals surface area contributed by atoms with Crippen molar-refractivity contribution in [2.45, 2.75) is 38.8 Å². The Morgan fingerprint density at radius 3 is 2.45 bits per heavy atom. The van der Waals surface area contributed by atoms with Crippen LogP contribution in [0.1, 0.15) is 27.2 Å². The van der Waals surface area contributed by atoms with Crippen LogP contribution in [0.25, 0.3) is 0 Å². The number of nitrogens with one attached hydrogen (secondary N) is 1. The summed E-state index contributed by atoms with van der Waals surface area (Å²) in [5.74, 6) is 0.129. The molecule has 1 atom stereocenters. The molecular weight excluding hydrogens is 258 g/mol. The lowest BCUT2D eigenvalue weighted by Crippen LogP contribution is -2.57. The standard InChI is InChI=1S/C14H25N3O3/c1-14(2,3)20-13(19)17-7-4-11(12(18)10-17)16-8-5-15-6-9-16/h11,15H,4-10H2,1-3H3. The normalized spacial score (nSPS) is 25.6. The zero-order valence-corrected chi connectivity index (χ0v) is 12.6. The summed E-state index contributed by atoms with van der Waals surface area (Å²) in [5, 5.41) is 3.28. The van der Waals surface area contributed by atoms with Crippen molar-refractivity contribution < 1.29 is 14.3 Å². The van der Waals surface area contributed by atoms with Crippen LogP contribution in [0.5, 0.6) is 0 Å². The van der Waals surface area contributed by atoms with Crippen LogP contribution in [-0.4, -0.2) is 72.6 Å². The Bertz CT molecular complexity index is 372. The molecule has 0 aromatic rings. The van der Waals surface area contributed by atoms with Gasteiger partial charge < -0.3 is 15.0 Å². The summed E-state index contributed by atoms with van der Waals surface area (Å²) in [6.07, 6.45) is 0.322. The van der Waals surface area contributed by atoms with E-state index in [0.717, 1.165) is 26.2 Å². The second kappa shape index (κ2) is 6.10. The van der Waals surface area contributed by atoms with Gasteiger partial charge in [0.15, 0.2) is 5.78 Å². The molecule has 6 nitrogen and oxygen atoms in total. The highest BCUT2D eigenvalue weighted by molar-refractivity contribution is 5.89. The Morgan fingerprint density at radius 2 is 1.90 bits per heavy atom. The van der Waals surface area contributed by atoms with Crippen LogP contribution < -0.4 is 5.32 Å². The molecule has 114 valence electrons. The van der Waals surface area contributed by atoms with E-state index in [-0.39, 0.29) is 24.5 Å². The number of ketones is 1. The molecule has 0 saturated carbocycles. The van der Waals surface area contributed by atoms with Gasteiger partial charge in [-0.25, -0.2) is 4.79 Å². The predicted octanol–water partition coefficient (Wildman–Crippen LogP) is 0.470. The molecule has 20 heavy (non-hydrogen) atoms. The average Bonchev–Trinajstić information content (AvgIpc) is 2.37. The molecule has 2 fully saturated rings. The predicted molar refractivity (Wildman–Crippen MR) is 75.7 cm³/mol. The van der Waals surface area contributed by atoms with E-state index in [1.54, 1.807) is 0 Å². The first-order valence-electron chi connectivity index (χ1n) is 7.32.